The Balaban J connectivity index is 1.71. The van der Waals surface area contributed by atoms with Gasteiger partial charge in [-0.3, -0.25) is 4.79 Å². The SMILES string of the molecule is COc1cc(C(=O)O)ccc1NC(=O)[C@@H]1C[C@H]1c1ccsc1. The number of rotatable bonds is 5. The molecule has 0 radical (unpaired) electrons. The molecular weight excluding hydrogens is 302 g/mol. The third-order valence-corrected chi connectivity index (χ3v) is 4.51. The van der Waals surface area contributed by atoms with E-state index in [1.807, 2.05) is 11.4 Å². The first-order valence-corrected chi connectivity index (χ1v) is 7.78. The van der Waals surface area contributed by atoms with Crippen molar-refractivity contribution in [3.63, 3.8) is 0 Å². The van der Waals surface area contributed by atoms with Crippen LogP contribution in [0.3, 0.4) is 0 Å². The molecule has 3 rings (SSSR count). The molecule has 5 nitrogen and oxygen atoms in total. The van der Waals surface area contributed by atoms with E-state index in [2.05, 4.69) is 10.7 Å². The number of carbonyl (C=O) groups is 2. The van der Waals surface area contributed by atoms with Crippen molar-refractivity contribution in [2.24, 2.45) is 5.92 Å². The molecule has 0 bridgehead atoms. The van der Waals surface area contributed by atoms with Crippen LogP contribution in [0.2, 0.25) is 0 Å². The van der Waals surface area contributed by atoms with Crippen molar-refractivity contribution in [3.8, 4) is 5.75 Å². The molecule has 1 aliphatic carbocycles. The smallest absolute Gasteiger partial charge is 0.335 e. The van der Waals surface area contributed by atoms with Crippen LogP contribution in [-0.4, -0.2) is 24.1 Å². The van der Waals surface area contributed by atoms with Crippen molar-refractivity contribution in [3.05, 3.63) is 46.2 Å². The molecular formula is C16H15NO4S. The van der Waals surface area contributed by atoms with E-state index in [-0.39, 0.29) is 23.3 Å². The molecule has 1 fully saturated rings. The Morgan fingerprint density at radius 2 is 2.18 bits per heavy atom. The number of carbonyl (C=O) groups excluding carboxylic acids is 1. The molecule has 0 unspecified atom stereocenters. The van der Waals surface area contributed by atoms with Crippen LogP contribution >= 0.6 is 11.3 Å². The van der Waals surface area contributed by atoms with Crippen molar-refractivity contribution in [2.75, 3.05) is 12.4 Å². The number of hydrogen-bond acceptors (Lipinski definition) is 4. The minimum absolute atomic E-state index is 0.0292. The second-order valence-corrected chi connectivity index (χ2v) is 5.99. The Labute approximate surface area is 131 Å². The third-order valence-electron chi connectivity index (χ3n) is 3.80. The van der Waals surface area contributed by atoms with Crippen LogP contribution in [0.4, 0.5) is 5.69 Å². The summed E-state index contributed by atoms with van der Waals surface area (Å²) in [6.45, 7) is 0. The van der Waals surface area contributed by atoms with E-state index in [1.165, 1.54) is 24.8 Å². The minimum atomic E-state index is -1.03. The van der Waals surface area contributed by atoms with Crippen LogP contribution in [0.15, 0.2) is 35.0 Å². The van der Waals surface area contributed by atoms with Gasteiger partial charge in [0.1, 0.15) is 5.75 Å². The summed E-state index contributed by atoms with van der Waals surface area (Å²) >= 11 is 1.63. The summed E-state index contributed by atoms with van der Waals surface area (Å²) in [5.41, 5.74) is 1.82. The maximum atomic E-state index is 12.3. The van der Waals surface area contributed by atoms with Gasteiger partial charge in [-0.25, -0.2) is 4.79 Å². The van der Waals surface area contributed by atoms with Crippen molar-refractivity contribution in [2.45, 2.75) is 12.3 Å². The van der Waals surface area contributed by atoms with Crippen LogP contribution < -0.4 is 10.1 Å². The molecule has 2 atom stereocenters. The molecule has 1 aromatic carbocycles. The number of anilines is 1. The lowest BCUT2D eigenvalue weighted by Gasteiger charge is -2.10. The lowest BCUT2D eigenvalue weighted by Crippen LogP contribution is -2.15. The summed E-state index contributed by atoms with van der Waals surface area (Å²) in [7, 11) is 1.45. The van der Waals surface area contributed by atoms with Crippen molar-refractivity contribution in [1.29, 1.82) is 0 Å². The van der Waals surface area contributed by atoms with Gasteiger partial charge in [-0.05, 0) is 52.9 Å². The van der Waals surface area contributed by atoms with Crippen LogP contribution in [0.5, 0.6) is 5.75 Å². The molecule has 1 aliphatic rings. The van der Waals surface area contributed by atoms with E-state index in [1.54, 1.807) is 17.4 Å². The van der Waals surface area contributed by atoms with Gasteiger partial charge < -0.3 is 15.2 Å². The molecule has 1 heterocycles. The van der Waals surface area contributed by atoms with Gasteiger partial charge >= 0.3 is 5.97 Å². The van der Waals surface area contributed by atoms with E-state index in [9.17, 15) is 9.59 Å². The maximum absolute atomic E-state index is 12.3. The number of aromatic carboxylic acids is 1. The lowest BCUT2D eigenvalue weighted by molar-refractivity contribution is -0.117. The average Bonchev–Trinajstić information content (AvgIpc) is 3.13. The standard InChI is InChI=1S/C16H15NO4S/c1-21-14-6-9(16(19)20)2-3-13(14)17-15(18)12-7-11(12)10-4-5-22-8-10/h2-6,8,11-12H,7H2,1H3,(H,17,18)(H,19,20)/t11-,12+/m0/s1. The number of carboxylic acid groups (broad SMARTS) is 1. The van der Waals surface area contributed by atoms with Crippen LogP contribution in [0.1, 0.15) is 28.3 Å². The molecule has 0 aliphatic heterocycles. The van der Waals surface area contributed by atoms with E-state index in [0.717, 1.165) is 6.42 Å². The average molecular weight is 317 g/mol. The van der Waals surface area contributed by atoms with E-state index in [0.29, 0.717) is 11.4 Å². The fourth-order valence-corrected chi connectivity index (χ4v) is 3.22. The number of carboxylic acids is 1. The molecule has 2 N–H and O–H groups in total. The first-order valence-electron chi connectivity index (χ1n) is 6.84. The molecule has 1 saturated carbocycles. The highest BCUT2D eigenvalue weighted by Crippen LogP contribution is 2.48. The molecule has 0 saturated heterocycles. The lowest BCUT2D eigenvalue weighted by atomic mass is 10.1. The molecule has 0 spiro atoms. The highest BCUT2D eigenvalue weighted by atomic mass is 32.1. The third kappa shape index (κ3) is 2.82. The molecule has 6 heteroatoms. The van der Waals surface area contributed by atoms with Gasteiger partial charge in [0.15, 0.2) is 0 Å². The molecule has 1 aromatic heterocycles. The number of hydrogen-bond donors (Lipinski definition) is 2. The maximum Gasteiger partial charge on any atom is 0.335 e. The summed E-state index contributed by atoms with van der Waals surface area (Å²) in [6, 6.07) is 6.46. The molecule has 2 aromatic rings. The molecule has 114 valence electrons. The fraction of sp³-hybridized carbons (Fsp3) is 0.250. The Bertz CT molecular complexity index is 711. The van der Waals surface area contributed by atoms with Gasteiger partial charge in [0.2, 0.25) is 5.91 Å². The normalized spacial score (nSPS) is 19.5. The highest BCUT2D eigenvalue weighted by molar-refractivity contribution is 7.08. The predicted octanol–water partition coefficient (Wildman–Crippen LogP) is 3.20. The summed E-state index contributed by atoms with van der Waals surface area (Å²) in [6.07, 6.45) is 0.845. The number of thiophene rings is 1. The summed E-state index contributed by atoms with van der Waals surface area (Å²) in [5, 5.41) is 15.9. The van der Waals surface area contributed by atoms with Crippen molar-refractivity contribution >= 4 is 28.9 Å². The van der Waals surface area contributed by atoms with Crippen LogP contribution in [0, 0.1) is 5.92 Å². The van der Waals surface area contributed by atoms with Crippen molar-refractivity contribution in [1.82, 2.24) is 0 Å². The summed E-state index contributed by atoms with van der Waals surface area (Å²) in [4.78, 5) is 23.2. The van der Waals surface area contributed by atoms with E-state index >= 15 is 0 Å². The second-order valence-electron chi connectivity index (χ2n) is 5.21. The Morgan fingerprint density at radius 1 is 1.36 bits per heavy atom. The minimum Gasteiger partial charge on any atom is -0.495 e. The van der Waals surface area contributed by atoms with Gasteiger partial charge in [-0.1, -0.05) is 0 Å². The number of ether oxygens (including phenoxy) is 1. The fourth-order valence-electron chi connectivity index (χ4n) is 2.49. The number of amides is 1. The molecule has 22 heavy (non-hydrogen) atoms. The first-order chi connectivity index (χ1) is 10.6. The van der Waals surface area contributed by atoms with Gasteiger partial charge in [0.05, 0.1) is 18.4 Å². The zero-order valence-corrected chi connectivity index (χ0v) is 12.7. The monoisotopic (exact) mass is 317 g/mol. The van der Waals surface area contributed by atoms with Crippen LogP contribution in [0.25, 0.3) is 0 Å². The van der Waals surface area contributed by atoms with Gasteiger partial charge in [-0.2, -0.15) is 11.3 Å². The summed E-state index contributed by atoms with van der Waals surface area (Å²) in [5.74, 6) is -0.483. The number of benzene rings is 1. The summed E-state index contributed by atoms with van der Waals surface area (Å²) < 4.78 is 5.16. The zero-order chi connectivity index (χ0) is 15.7. The first kappa shape index (κ1) is 14.6. The Hall–Kier alpha value is -2.34. The number of nitrogens with one attached hydrogen (secondary N) is 1. The molecule has 1 amide bonds. The van der Waals surface area contributed by atoms with Crippen molar-refractivity contribution < 1.29 is 19.4 Å². The highest BCUT2D eigenvalue weighted by Gasteiger charge is 2.44. The number of methoxy groups -OCH3 is 1. The van der Waals surface area contributed by atoms with Gasteiger partial charge in [0, 0.05) is 5.92 Å². The Kier molecular flexibility index (Phi) is 3.85. The quantitative estimate of drug-likeness (QED) is 0.888. The van der Waals surface area contributed by atoms with E-state index < -0.39 is 5.97 Å². The second kappa shape index (κ2) is 5.81. The predicted molar refractivity (Wildman–Crippen MR) is 83.8 cm³/mol. The van der Waals surface area contributed by atoms with Gasteiger partial charge in [-0.15, -0.1) is 0 Å². The van der Waals surface area contributed by atoms with E-state index in [4.69, 9.17) is 9.84 Å². The topological polar surface area (TPSA) is 75.6 Å². The largest absolute Gasteiger partial charge is 0.495 e. The van der Waals surface area contributed by atoms with Gasteiger partial charge in [0.25, 0.3) is 0 Å². The zero-order valence-electron chi connectivity index (χ0n) is 11.9. The van der Waals surface area contributed by atoms with Crippen LogP contribution in [-0.2, 0) is 4.79 Å². The Morgan fingerprint density at radius 3 is 2.82 bits per heavy atom.